The van der Waals surface area contributed by atoms with Crippen molar-refractivity contribution in [3.8, 4) is 0 Å². The van der Waals surface area contributed by atoms with Crippen LogP contribution in [0.25, 0.3) is 0 Å². The molecule has 0 bridgehead atoms. The fourth-order valence-electron chi connectivity index (χ4n) is 2.54. The highest BCUT2D eigenvalue weighted by molar-refractivity contribution is 7.85. The molecule has 1 fully saturated rings. The number of ether oxygens (including phenoxy) is 1. The Kier molecular flexibility index (Phi) is 5.71. The summed E-state index contributed by atoms with van der Waals surface area (Å²) < 4.78 is 22.2. The molecule has 134 valence electrons. The Morgan fingerprint density at radius 2 is 1.80 bits per heavy atom. The van der Waals surface area contributed by atoms with Crippen molar-refractivity contribution in [1.82, 2.24) is 0 Å². The first kappa shape index (κ1) is 18.3. The van der Waals surface area contributed by atoms with Crippen LogP contribution in [0.4, 0.5) is 5.69 Å². The maximum absolute atomic E-state index is 12.6. The van der Waals surface area contributed by atoms with Crippen LogP contribution < -0.4 is 4.90 Å². The lowest BCUT2D eigenvalue weighted by atomic mass is 10.0. The van der Waals surface area contributed by atoms with Gasteiger partial charge in [-0.1, -0.05) is 12.1 Å². The van der Waals surface area contributed by atoms with Gasteiger partial charge in [0.2, 0.25) is 0 Å². The number of rotatable bonds is 4. The topological polar surface area (TPSA) is 41.9 Å². The molecule has 0 aliphatic carbocycles. The molecule has 1 saturated heterocycles. The summed E-state index contributed by atoms with van der Waals surface area (Å²) in [6, 6.07) is 10.4. The minimum atomic E-state index is -1.30. The molecule has 6 heteroatoms. The van der Waals surface area contributed by atoms with Gasteiger partial charge in [0.25, 0.3) is 0 Å². The Morgan fingerprint density at radius 1 is 1.12 bits per heavy atom. The summed E-state index contributed by atoms with van der Waals surface area (Å²) in [4.78, 5) is 2.32. The smallest absolute Gasteiger partial charge is 0.145 e. The number of hydrogen-bond donors (Lipinski definition) is 0. The van der Waals surface area contributed by atoms with Crippen LogP contribution in [0.2, 0.25) is 0 Å². The zero-order valence-electron chi connectivity index (χ0n) is 14.9. The first-order valence-corrected chi connectivity index (χ1v) is 10.5. The van der Waals surface area contributed by atoms with Crippen molar-refractivity contribution in [1.29, 1.82) is 0 Å². The lowest BCUT2D eigenvalue weighted by molar-refractivity contribution is 0.122. The first-order valence-electron chi connectivity index (χ1n) is 8.41. The second-order valence-corrected chi connectivity index (χ2v) is 9.65. The Morgan fingerprint density at radius 3 is 2.36 bits per heavy atom. The van der Waals surface area contributed by atoms with Gasteiger partial charge in [0.05, 0.1) is 23.7 Å². The molecule has 0 radical (unpaired) electrons. The molecular weight excluding hydrogens is 352 g/mol. The molecule has 1 atom stereocenters. The van der Waals surface area contributed by atoms with Crippen molar-refractivity contribution in [2.45, 2.75) is 25.5 Å². The Balaban J connectivity index is 1.91. The van der Waals surface area contributed by atoms with Crippen LogP contribution in [0, 0.1) is 0 Å². The minimum Gasteiger partial charge on any atom is -0.378 e. The van der Waals surface area contributed by atoms with Crippen molar-refractivity contribution < 1.29 is 8.95 Å². The number of anilines is 1. The van der Waals surface area contributed by atoms with Crippen molar-refractivity contribution in [2.75, 3.05) is 31.2 Å². The molecule has 0 amide bonds. The van der Waals surface area contributed by atoms with Gasteiger partial charge >= 0.3 is 0 Å². The SMILES string of the molecule is CC(C)(C)S(=O)N=C(c1ccc(N2CCOCC2)cc1)c1ccsc1. The van der Waals surface area contributed by atoms with E-state index in [2.05, 4.69) is 38.9 Å². The monoisotopic (exact) mass is 376 g/mol. The standard InChI is InChI=1S/C19H24N2O2S2/c1-19(2,3)25(22)20-18(16-8-13-24-14-16)15-4-6-17(7-5-15)21-9-11-23-12-10-21/h4-8,13-14H,9-12H2,1-3H3. The summed E-state index contributed by atoms with van der Waals surface area (Å²) in [5.41, 5.74) is 3.99. The average molecular weight is 377 g/mol. The van der Waals surface area contributed by atoms with Gasteiger partial charge < -0.3 is 9.64 Å². The van der Waals surface area contributed by atoms with E-state index >= 15 is 0 Å². The highest BCUT2D eigenvalue weighted by Crippen LogP contribution is 2.22. The Bertz CT molecular complexity index is 741. The number of hydrogen-bond acceptors (Lipinski definition) is 4. The normalized spacial score (nSPS) is 17.6. The van der Waals surface area contributed by atoms with E-state index in [1.165, 1.54) is 5.69 Å². The van der Waals surface area contributed by atoms with Crippen LogP contribution >= 0.6 is 11.3 Å². The number of thiophene rings is 1. The Labute approximate surface area is 156 Å². The largest absolute Gasteiger partial charge is 0.378 e. The summed E-state index contributed by atoms with van der Waals surface area (Å²) in [5.74, 6) is 0. The molecular formula is C19H24N2O2S2. The molecule has 0 saturated carbocycles. The molecule has 1 aliphatic heterocycles. The van der Waals surface area contributed by atoms with Gasteiger partial charge in [-0.25, -0.2) is 4.21 Å². The second kappa shape index (κ2) is 7.81. The lowest BCUT2D eigenvalue weighted by Gasteiger charge is -2.29. The van der Waals surface area contributed by atoms with E-state index < -0.39 is 11.0 Å². The maximum atomic E-state index is 12.6. The second-order valence-electron chi connectivity index (χ2n) is 6.96. The van der Waals surface area contributed by atoms with E-state index in [1.54, 1.807) is 11.3 Å². The molecule has 2 heterocycles. The summed E-state index contributed by atoms with van der Waals surface area (Å²) in [6.07, 6.45) is 0. The van der Waals surface area contributed by atoms with Gasteiger partial charge in [-0.2, -0.15) is 15.7 Å². The van der Waals surface area contributed by atoms with Crippen LogP contribution in [0.1, 0.15) is 31.9 Å². The van der Waals surface area contributed by atoms with Gasteiger partial charge in [-0.15, -0.1) is 0 Å². The molecule has 3 rings (SSSR count). The fourth-order valence-corrected chi connectivity index (χ4v) is 3.83. The van der Waals surface area contributed by atoms with Crippen LogP contribution in [0.3, 0.4) is 0 Å². The zero-order chi connectivity index (χ0) is 17.9. The van der Waals surface area contributed by atoms with Crippen molar-refractivity contribution in [3.63, 3.8) is 0 Å². The Hall–Kier alpha value is -1.50. The molecule has 1 aromatic carbocycles. The third-order valence-corrected chi connectivity index (χ3v) is 6.09. The van der Waals surface area contributed by atoms with Crippen LogP contribution in [-0.4, -0.2) is 41.0 Å². The van der Waals surface area contributed by atoms with Crippen molar-refractivity contribution in [2.24, 2.45) is 4.40 Å². The van der Waals surface area contributed by atoms with E-state index in [1.807, 2.05) is 32.2 Å². The van der Waals surface area contributed by atoms with E-state index in [4.69, 9.17) is 4.74 Å². The molecule has 4 nitrogen and oxygen atoms in total. The average Bonchev–Trinajstić information content (AvgIpc) is 3.14. The van der Waals surface area contributed by atoms with Gasteiger partial charge in [0, 0.05) is 35.3 Å². The maximum Gasteiger partial charge on any atom is 0.145 e. The highest BCUT2D eigenvalue weighted by Gasteiger charge is 2.21. The van der Waals surface area contributed by atoms with Crippen LogP contribution in [-0.2, 0) is 15.7 Å². The van der Waals surface area contributed by atoms with E-state index in [0.717, 1.165) is 43.1 Å². The van der Waals surface area contributed by atoms with Crippen molar-refractivity contribution >= 4 is 33.7 Å². The van der Waals surface area contributed by atoms with Gasteiger partial charge in [-0.05, 0) is 44.4 Å². The van der Waals surface area contributed by atoms with Gasteiger partial charge in [0.15, 0.2) is 0 Å². The van der Waals surface area contributed by atoms with Crippen LogP contribution in [0.15, 0.2) is 45.5 Å². The number of nitrogens with zero attached hydrogens (tertiary/aromatic N) is 2. The van der Waals surface area contributed by atoms with E-state index in [0.29, 0.717) is 0 Å². The third kappa shape index (κ3) is 4.57. The van der Waals surface area contributed by atoms with Gasteiger partial charge in [-0.3, -0.25) is 0 Å². The molecule has 0 spiro atoms. The van der Waals surface area contributed by atoms with Gasteiger partial charge in [0.1, 0.15) is 11.0 Å². The minimum absolute atomic E-state index is 0.380. The molecule has 25 heavy (non-hydrogen) atoms. The quantitative estimate of drug-likeness (QED) is 0.761. The summed E-state index contributed by atoms with van der Waals surface area (Å²) >= 11 is 1.62. The lowest BCUT2D eigenvalue weighted by Crippen LogP contribution is -2.36. The van der Waals surface area contributed by atoms with E-state index in [9.17, 15) is 4.21 Å². The molecule has 1 aromatic heterocycles. The molecule has 1 unspecified atom stereocenters. The fraction of sp³-hybridized carbons (Fsp3) is 0.421. The van der Waals surface area contributed by atoms with E-state index in [-0.39, 0.29) is 4.75 Å². The molecule has 1 aliphatic rings. The predicted octanol–water partition coefficient (Wildman–Crippen LogP) is 3.88. The summed E-state index contributed by atoms with van der Waals surface area (Å²) in [5, 5.41) is 4.07. The van der Waals surface area contributed by atoms with Crippen molar-refractivity contribution in [3.05, 3.63) is 52.2 Å². The highest BCUT2D eigenvalue weighted by atomic mass is 32.2. The number of benzene rings is 1. The molecule has 2 aromatic rings. The predicted molar refractivity (Wildman–Crippen MR) is 107 cm³/mol. The summed E-state index contributed by atoms with van der Waals surface area (Å²) in [7, 11) is -1.30. The third-order valence-electron chi connectivity index (χ3n) is 4.01. The van der Waals surface area contributed by atoms with Crippen LogP contribution in [0.5, 0.6) is 0 Å². The number of morpholine rings is 1. The summed E-state index contributed by atoms with van der Waals surface area (Å²) in [6.45, 7) is 9.21. The zero-order valence-corrected chi connectivity index (χ0v) is 16.5. The molecule has 0 N–H and O–H groups in total. The first-order chi connectivity index (χ1) is 11.9.